The summed E-state index contributed by atoms with van der Waals surface area (Å²) in [5.74, 6) is -1.82. The Morgan fingerprint density at radius 2 is 1.59 bits per heavy atom. The molecule has 6 heteroatoms. The van der Waals surface area contributed by atoms with E-state index in [2.05, 4.69) is 30.1 Å². The maximum Gasteiger partial charge on any atom is 0.471 e. The van der Waals surface area contributed by atoms with Gasteiger partial charge in [0.1, 0.15) is 0 Å². The van der Waals surface area contributed by atoms with Crippen molar-refractivity contribution in [3.05, 3.63) is 11.6 Å². The molecule has 0 bridgehead atoms. The van der Waals surface area contributed by atoms with Crippen molar-refractivity contribution in [3.63, 3.8) is 0 Å². The van der Waals surface area contributed by atoms with E-state index in [-0.39, 0.29) is 5.41 Å². The first-order chi connectivity index (χ1) is 15.0. The molecule has 32 heavy (non-hydrogen) atoms. The highest BCUT2D eigenvalue weighted by Crippen LogP contribution is 2.52. The largest absolute Gasteiger partial charge is 0.471 e. The Hall–Kier alpha value is -1.04. The monoisotopic (exact) mass is 458 g/mol. The molecular formula is C26H45F3N2O. The average Bonchev–Trinajstić information content (AvgIpc) is 2.70. The van der Waals surface area contributed by atoms with Crippen molar-refractivity contribution in [2.45, 2.75) is 117 Å². The van der Waals surface area contributed by atoms with Crippen LogP contribution in [-0.4, -0.2) is 42.7 Å². The predicted molar refractivity (Wildman–Crippen MR) is 125 cm³/mol. The molecule has 0 radical (unpaired) electrons. The number of hydrogen-bond acceptors (Lipinski definition) is 2. The minimum absolute atomic E-state index is 0.0281. The molecule has 1 fully saturated rings. The molecule has 1 aliphatic heterocycles. The van der Waals surface area contributed by atoms with Crippen LogP contribution in [0.3, 0.4) is 0 Å². The van der Waals surface area contributed by atoms with E-state index in [1.54, 1.807) is 0 Å². The molecule has 1 heterocycles. The number of alkyl halides is 3. The van der Waals surface area contributed by atoms with Gasteiger partial charge in [-0.15, -0.1) is 0 Å². The summed E-state index contributed by atoms with van der Waals surface area (Å²) in [5, 5.41) is 2.26. The third-order valence-corrected chi connectivity index (χ3v) is 7.72. The second-order valence-electron chi connectivity index (χ2n) is 10.9. The fourth-order valence-corrected chi connectivity index (χ4v) is 5.86. The number of carbonyl (C=O) groups is 1. The second kappa shape index (κ2) is 11.9. The van der Waals surface area contributed by atoms with Crippen molar-refractivity contribution in [1.29, 1.82) is 0 Å². The fraction of sp³-hybridized carbons (Fsp3) is 0.885. The molecule has 0 saturated heterocycles. The summed E-state index contributed by atoms with van der Waals surface area (Å²) in [6, 6.07) is -0.482. The van der Waals surface area contributed by atoms with Gasteiger partial charge in [0.05, 0.1) is 0 Å². The summed E-state index contributed by atoms with van der Waals surface area (Å²) in [5.41, 5.74) is 0.708. The molecule has 2 rings (SSSR count). The van der Waals surface area contributed by atoms with Gasteiger partial charge in [0.25, 0.3) is 0 Å². The number of amides is 1. The van der Waals surface area contributed by atoms with Crippen LogP contribution in [-0.2, 0) is 4.79 Å². The molecule has 2 aliphatic rings. The van der Waals surface area contributed by atoms with Crippen molar-refractivity contribution < 1.29 is 18.0 Å². The maximum absolute atomic E-state index is 12.8. The van der Waals surface area contributed by atoms with Crippen LogP contribution in [0, 0.1) is 10.8 Å². The Morgan fingerprint density at radius 1 is 1.03 bits per heavy atom. The molecule has 1 N–H and O–H groups in total. The normalized spacial score (nSPS) is 25.8. The number of unbranched alkanes of at least 4 members (excludes halogenated alkanes) is 9. The molecule has 1 saturated carbocycles. The summed E-state index contributed by atoms with van der Waals surface area (Å²) < 4.78 is 38.3. The van der Waals surface area contributed by atoms with Crippen LogP contribution in [0.4, 0.5) is 13.2 Å². The summed E-state index contributed by atoms with van der Waals surface area (Å²) in [4.78, 5) is 14.0. The van der Waals surface area contributed by atoms with E-state index >= 15 is 0 Å². The maximum atomic E-state index is 12.8. The Bertz CT molecular complexity index is 629. The molecule has 0 aromatic carbocycles. The van der Waals surface area contributed by atoms with E-state index in [0.717, 1.165) is 26.1 Å². The first-order valence-electron chi connectivity index (χ1n) is 12.8. The number of carbonyl (C=O) groups excluding carboxylic acids is 1. The van der Waals surface area contributed by atoms with Gasteiger partial charge in [0.15, 0.2) is 0 Å². The number of halogens is 3. The lowest BCUT2D eigenvalue weighted by Gasteiger charge is -2.54. The number of nitrogens with zero attached hydrogens (tertiary/aromatic N) is 1. The lowest BCUT2D eigenvalue weighted by atomic mass is 9.57. The van der Waals surface area contributed by atoms with Gasteiger partial charge in [-0.05, 0) is 25.8 Å². The van der Waals surface area contributed by atoms with E-state index in [4.69, 9.17) is 0 Å². The van der Waals surface area contributed by atoms with Crippen LogP contribution in [0.2, 0.25) is 0 Å². The average molecular weight is 459 g/mol. The minimum Gasteiger partial charge on any atom is -0.345 e. The van der Waals surface area contributed by atoms with Crippen LogP contribution >= 0.6 is 0 Å². The SMILES string of the molecule is CCCCCCCCCCCCN1CC=C2C(C)(C)[C@@H](NC(=O)C(F)(F)F)CC[C@]2(C)C1. The van der Waals surface area contributed by atoms with Gasteiger partial charge >= 0.3 is 12.1 Å². The van der Waals surface area contributed by atoms with Crippen molar-refractivity contribution in [1.82, 2.24) is 10.2 Å². The molecule has 0 aromatic heterocycles. The summed E-state index contributed by atoms with van der Waals surface area (Å²) in [7, 11) is 0. The molecule has 0 unspecified atom stereocenters. The van der Waals surface area contributed by atoms with Crippen LogP contribution in [0.15, 0.2) is 11.6 Å². The highest BCUT2D eigenvalue weighted by atomic mass is 19.4. The van der Waals surface area contributed by atoms with Gasteiger partial charge < -0.3 is 5.32 Å². The smallest absolute Gasteiger partial charge is 0.345 e. The minimum atomic E-state index is -4.83. The predicted octanol–water partition coefficient (Wildman–Crippen LogP) is 7.02. The van der Waals surface area contributed by atoms with Gasteiger partial charge in [-0.3, -0.25) is 9.69 Å². The van der Waals surface area contributed by atoms with Gasteiger partial charge in [-0.2, -0.15) is 13.2 Å². The van der Waals surface area contributed by atoms with Crippen molar-refractivity contribution in [3.8, 4) is 0 Å². The Balaban J connectivity index is 1.77. The molecule has 1 aliphatic carbocycles. The van der Waals surface area contributed by atoms with Crippen LogP contribution in [0.25, 0.3) is 0 Å². The van der Waals surface area contributed by atoms with Crippen molar-refractivity contribution in [2.24, 2.45) is 10.8 Å². The van der Waals surface area contributed by atoms with Gasteiger partial charge in [0.2, 0.25) is 0 Å². The van der Waals surface area contributed by atoms with Gasteiger partial charge in [-0.25, -0.2) is 0 Å². The Kier molecular flexibility index (Phi) is 10.1. The molecule has 1 amide bonds. The number of rotatable bonds is 12. The van der Waals surface area contributed by atoms with E-state index in [0.29, 0.717) is 6.42 Å². The van der Waals surface area contributed by atoms with Crippen molar-refractivity contribution >= 4 is 5.91 Å². The zero-order chi connectivity index (χ0) is 23.8. The zero-order valence-electron chi connectivity index (χ0n) is 20.8. The lowest BCUT2D eigenvalue weighted by molar-refractivity contribution is -0.175. The number of hydrogen-bond donors (Lipinski definition) is 1. The molecule has 186 valence electrons. The standard InChI is InChI=1S/C26H45F3N2O/c1-5-6-7-8-9-10-11-12-13-14-18-31-19-16-21-24(2,3)22(15-17-25(21,4)20-31)30-23(32)26(27,28)29/h16,22H,5-15,17-20H2,1-4H3,(H,30,32)/t22-,25+/m0/s1. The molecule has 2 atom stereocenters. The highest BCUT2D eigenvalue weighted by molar-refractivity contribution is 5.82. The summed E-state index contributed by atoms with van der Waals surface area (Å²) in [6.07, 6.45) is 12.1. The zero-order valence-corrected chi connectivity index (χ0v) is 20.8. The van der Waals surface area contributed by atoms with Crippen molar-refractivity contribution in [2.75, 3.05) is 19.6 Å². The summed E-state index contributed by atoms with van der Waals surface area (Å²) in [6.45, 7) is 11.4. The fourth-order valence-electron chi connectivity index (χ4n) is 5.86. The van der Waals surface area contributed by atoms with E-state index in [1.165, 1.54) is 69.8 Å². The quantitative estimate of drug-likeness (QED) is 0.252. The molecule has 0 spiro atoms. The van der Waals surface area contributed by atoms with Crippen LogP contribution in [0.5, 0.6) is 0 Å². The van der Waals surface area contributed by atoms with E-state index in [1.807, 2.05) is 13.8 Å². The number of fused-ring (bicyclic) bond motifs is 1. The van der Waals surface area contributed by atoms with E-state index in [9.17, 15) is 18.0 Å². The third-order valence-electron chi connectivity index (χ3n) is 7.72. The highest BCUT2D eigenvalue weighted by Gasteiger charge is 2.51. The molecular weight excluding hydrogens is 413 g/mol. The first kappa shape index (κ1) is 27.2. The topological polar surface area (TPSA) is 32.3 Å². The molecule has 0 aromatic rings. The Labute approximate surface area is 193 Å². The summed E-state index contributed by atoms with van der Waals surface area (Å²) >= 11 is 0. The van der Waals surface area contributed by atoms with E-state index < -0.39 is 23.5 Å². The second-order valence-corrected chi connectivity index (χ2v) is 10.9. The Morgan fingerprint density at radius 3 is 2.16 bits per heavy atom. The lowest BCUT2D eigenvalue weighted by Crippen LogP contribution is -2.57. The number of nitrogens with one attached hydrogen (secondary N) is 1. The third kappa shape index (κ3) is 7.50. The van der Waals surface area contributed by atoms with Gasteiger partial charge in [-0.1, -0.05) is 97.1 Å². The van der Waals surface area contributed by atoms with Gasteiger partial charge in [0, 0.05) is 30.0 Å². The molecule has 3 nitrogen and oxygen atoms in total. The van der Waals surface area contributed by atoms with Crippen LogP contribution in [0.1, 0.15) is 105 Å². The van der Waals surface area contributed by atoms with Crippen LogP contribution < -0.4 is 5.32 Å². The first-order valence-corrected chi connectivity index (χ1v) is 12.8.